The van der Waals surface area contributed by atoms with Crippen molar-refractivity contribution in [2.75, 3.05) is 26.2 Å². The summed E-state index contributed by atoms with van der Waals surface area (Å²) in [6, 6.07) is 7.73. The van der Waals surface area contributed by atoms with Crippen LogP contribution in [0.25, 0.3) is 0 Å². The smallest absolute Gasteiger partial charge is 0.243 e. The molecule has 6 heteroatoms. The quantitative estimate of drug-likeness (QED) is 0.842. The number of benzene rings is 1. The maximum Gasteiger partial charge on any atom is 0.243 e. The molecule has 3 rings (SSSR count). The summed E-state index contributed by atoms with van der Waals surface area (Å²) in [5, 5.41) is 0. The van der Waals surface area contributed by atoms with Crippen LogP contribution in [0.5, 0.6) is 0 Å². The van der Waals surface area contributed by atoms with Crippen LogP contribution in [0.15, 0.2) is 41.6 Å². The predicted molar refractivity (Wildman–Crippen MR) is 98.9 cm³/mol. The Hall–Kier alpha value is -1.76. The number of hydrogen-bond acceptors (Lipinski definition) is 4. The van der Waals surface area contributed by atoms with Gasteiger partial charge in [0.15, 0.2) is 0 Å². The lowest BCUT2D eigenvalue weighted by atomic mass is 10.2. The van der Waals surface area contributed by atoms with E-state index in [9.17, 15) is 8.42 Å². The SMILES string of the molecule is Cc1cncc(CN2CCN(S(=O)(=O)c3cc(C)ccc3C)CC2)c1. The first-order valence-corrected chi connectivity index (χ1v) is 10.0. The van der Waals surface area contributed by atoms with Crippen LogP contribution in [0.3, 0.4) is 0 Å². The zero-order valence-electron chi connectivity index (χ0n) is 15.1. The zero-order chi connectivity index (χ0) is 18.0. The van der Waals surface area contributed by atoms with Crippen molar-refractivity contribution in [2.45, 2.75) is 32.2 Å². The predicted octanol–water partition coefficient (Wildman–Crippen LogP) is 2.51. The minimum atomic E-state index is -3.42. The van der Waals surface area contributed by atoms with Crippen LogP contribution in [0.2, 0.25) is 0 Å². The molecule has 0 N–H and O–H groups in total. The summed E-state index contributed by atoms with van der Waals surface area (Å²) in [7, 11) is -3.42. The maximum atomic E-state index is 13.0. The molecule has 0 amide bonds. The monoisotopic (exact) mass is 359 g/mol. The topological polar surface area (TPSA) is 53.5 Å². The summed E-state index contributed by atoms with van der Waals surface area (Å²) in [5.41, 5.74) is 4.09. The van der Waals surface area contributed by atoms with Gasteiger partial charge in [-0.1, -0.05) is 18.2 Å². The van der Waals surface area contributed by atoms with Gasteiger partial charge in [-0.2, -0.15) is 4.31 Å². The van der Waals surface area contributed by atoms with Gasteiger partial charge in [0.2, 0.25) is 10.0 Å². The normalized spacial score (nSPS) is 16.9. The molecule has 1 aliphatic heterocycles. The number of aryl methyl sites for hydroxylation is 3. The lowest BCUT2D eigenvalue weighted by Gasteiger charge is -2.34. The van der Waals surface area contributed by atoms with Gasteiger partial charge in [-0.25, -0.2) is 8.42 Å². The fourth-order valence-electron chi connectivity index (χ4n) is 3.21. The first-order valence-electron chi connectivity index (χ1n) is 8.56. The van der Waals surface area contributed by atoms with Crippen LogP contribution in [-0.2, 0) is 16.6 Å². The molecule has 134 valence electrons. The maximum absolute atomic E-state index is 13.0. The molecule has 1 aromatic heterocycles. The molecule has 1 saturated heterocycles. The standard InChI is InChI=1S/C19H25N3O2S/c1-15-4-5-17(3)19(11-15)25(23,24)22-8-6-21(7-9-22)14-18-10-16(2)12-20-13-18/h4-5,10-13H,6-9,14H2,1-3H3. The molecule has 5 nitrogen and oxygen atoms in total. The average Bonchev–Trinajstić information content (AvgIpc) is 2.57. The van der Waals surface area contributed by atoms with Crippen molar-refractivity contribution in [1.82, 2.24) is 14.2 Å². The average molecular weight is 359 g/mol. The van der Waals surface area contributed by atoms with Crippen LogP contribution in [0, 0.1) is 20.8 Å². The fourth-order valence-corrected chi connectivity index (χ4v) is 4.95. The van der Waals surface area contributed by atoms with Crippen molar-refractivity contribution in [3.63, 3.8) is 0 Å². The van der Waals surface area contributed by atoms with E-state index in [0.717, 1.165) is 36.3 Å². The molecule has 0 aliphatic carbocycles. The van der Waals surface area contributed by atoms with E-state index >= 15 is 0 Å². The van der Waals surface area contributed by atoms with E-state index in [2.05, 4.69) is 16.0 Å². The third kappa shape index (κ3) is 4.08. The lowest BCUT2D eigenvalue weighted by molar-refractivity contribution is 0.181. The molecular weight excluding hydrogens is 334 g/mol. The number of rotatable bonds is 4. The van der Waals surface area contributed by atoms with E-state index in [1.165, 1.54) is 5.56 Å². The highest BCUT2D eigenvalue weighted by atomic mass is 32.2. The lowest BCUT2D eigenvalue weighted by Crippen LogP contribution is -2.48. The van der Waals surface area contributed by atoms with Crippen LogP contribution in [0.1, 0.15) is 22.3 Å². The number of hydrogen-bond donors (Lipinski definition) is 0. The van der Waals surface area contributed by atoms with Gasteiger partial charge in [-0.15, -0.1) is 0 Å². The molecule has 2 aromatic rings. The van der Waals surface area contributed by atoms with Crippen molar-refractivity contribution in [1.29, 1.82) is 0 Å². The third-order valence-corrected chi connectivity index (χ3v) is 6.67. The Balaban J connectivity index is 1.68. The summed E-state index contributed by atoms with van der Waals surface area (Å²) in [4.78, 5) is 6.95. The minimum absolute atomic E-state index is 0.434. The van der Waals surface area contributed by atoms with Gasteiger partial charge in [0, 0.05) is 45.1 Å². The van der Waals surface area contributed by atoms with Gasteiger partial charge in [0.05, 0.1) is 4.90 Å². The van der Waals surface area contributed by atoms with E-state index in [4.69, 9.17) is 0 Å². The highest BCUT2D eigenvalue weighted by Gasteiger charge is 2.29. The Bertz CT molecular complexity index is 857. The van der Waals surface area contributed by atoms with Crippen molar-refractivity contribution < 1.29 is 8.42 Å². The van der Waals surface area contributed by atoms with Gasteiger partial charge in [0.25, 0.3) is 0 Å². The Labute approximate surface area is 150 Å². The van der Waals surface area contributed by atoms with E-state index in [1.54, 1.807) is 10.4 Å². The summed E-state index contributed by atoms with van der Waals surface area (Å²) in [5.74, 6) is 0. The number of aromatic nitrogens is 1. The summed E-state index contributed by atoms with van der Waals surface area (Å²) in [6.45, 7) is 9.14. The zero-order valence-corrected chi connectivity index (χ0v) is 15.9. The van der Waals surface area contributed by atoms with E-state index < -0.39 is 10.0 Å². The molecule has 1 aliphatic rings. The van der Waals surface area contributed by atoms with E-state index in [1.807, 2.05) is 45.3 Å². The summed E-state index contributed by atoms with van der Waals surface area (Å²) in [6.07, 6.45) is 3.73. The second-order valence-corrected chi connectivity index (χ2v) is 8.73. The summed E-state index contributed by atoms with van der Waals surface area (Å²) < 4.78 is 27.5. The van der Waals surface area contributed by atoms with Crippen LogP contribution in [0.4, 0.5) is 0 Å². The van der Waals surface area contributed by atoms with Crippen molar-refractivity contribution >= 4 is 10.0 Å². The van der Waals surface area contributed by atoms with Gasteiger partial charge < -0.3 is 0 Å². The molecule has 0 bridgehead atoms. The third-order valence-electron chi connectivity index (χ3n) is 4.63. The molecule has 1 fully saturated rings. The van der Waals surface area contributed by atoms with Gasteiger partial charge >= 0.3 is 0 Å². The number of piperazine rings is 1. The second-order valence-electron chi connectivity index (χ2n) is 6.82. The Morgan fingerprint density at radius 2 is 1.68 bits per heavy atom. The largest absolute Gasteiger partial charge is 0.296 e. The molecule has 0 saturated carbocycles. The van der Waals surface area contributed by atoms with Gasteiger partial charge in [0.1, 0.15) is 0 Å². The Morgan fingerprint density at radius 1 is 0.960 bits per heavy atom. The molecular formula is C19H25N3O2S. The first-order chi connectivity index (χ1) is 11.9. The number of pyridine rings is 1. The Morgan fingerprint density at radius 3 is 2.36 bits per heavy atom. The van der Waals surface area contributed by atoms with Crippen molar-refractivity contribution in [3.8, 4) is 0 Å². The number of sulfonamides is 1. The molecule has 0 spiro atoms. The molecule has 2 heterocycles. The molecule has 0 radical (unpaired) electrons. The molecule has 0 unspecified atom stereocenters. The molecule has 0 atom stereocenters. The van der Waals surface area contributed by atoms with E-state index in [0.29, 0.717) is 18.0 Å². The van der Waals surface area contributed by atoms with Crippen LogP contribution < -0.4 is 0 Å². The highest BCUT2D eigenvalue weighted by molar-refractivity contribution is 7.89. The minimum Gasteiger partial charge on any atom is -0.296 e. The van der Waals surface area contributed by atoms with Crippen molar-refractivity contribution in [2.24, 2.45) is 0 Å². The fraction of sp³-hybridized carbons (Fsp3) is 0.421. The molecule has 1 aromatic carbocycles. The van der Waals surface area contributed by atoms with Crippen molar-refractivity contribution in [3.05, 3.63) is 58.9 Å². The van der Waals surface area contributed by atoms with Crippen LogP contribution >= 0.6 is 0 Å². The second kappa shape index (κ2) is 7.23. The highest BCUT2D eigenvalue weighted by Crippen LogP contribution is 2.22. The first kappa shape index (κ1) is 18.0. The van der Waals surface area contributed by atoms with Gasteiger partial charge in [-0.3, -0.25) is 9.88 Å². The van der Waals surface area contributed by atoms with E-state index in [-0.39, 0.29) is 0 Å². The van der Waals surface area contributed by atoms with Gasteiger partial charge in [-0.05, 0) is 49.1 Å². The van der Waals surface area contributed by atoms with Crippen LogP contribution in [-0.4, -0.2) is 48.8 Å². The Kier molecular flexibility index (Phi) is 5.22. The molecule has 25 heavy (non-hydrogen) atoms. The number of nitrogens with zero attached hydrogens (tertiary/aromatic N) is 3. The summed E-state index contributed by atoms with van der Waals surface area (Å²) >= 11 is 0.